The summed E-state index contributed by atoms with van der Waals surface area (Å²) < 4.78 is 24.0. The summed E-state index contributed by atoms with van der Waals surface area (Å²) in [7, 11) is 0. The van der Waals surface area contributed by atoms with E-state index in [1.165, 1.54) is 12.1 Å². The van der Waals surface area contributed by atoms with Gasteiger partial charge in [0.2, 0.25) is 0 Å². The third kappa shape index (κ3) is 2.59. The molecule has 2 aromatic rings. The van der Waals surface area contributed by atoms with E-state index in [1.807, 2.05) is 0 Å². The summed E-state index contributed by atoms with van der Waals surface area (Å²) in [5, 5.41) is 21.1. The molecule has 8 heteroatoms. The summed E-state index contributed by atoms with van der Waals surface area (Å²) in [6.07, 6.45) is -4.76. The van der Waals surface area contributed by atoms with Crippen LogP contribution >= 0.6 is 0 Å². The van der Waals surface area contributed by atoms with Gasteiger partial charge in [-0.1, -0.05) is 0 Å². The molecule has 1 aromatic heterocycles. The minimum absolute atomic E-state index is 0.262. The van der Waals surface area contributed by atoms with Crippen molar-refractivity contribution in [1.29, 1.82) is 0 Å². The monoisotopic (exact) mass is 256 g/mol. The van der Waals surface area contributed by atoms with Gasteiger partial charge in [-0.15, -0.1) is 0 Å². The van der Waals surface area contributed by atoms with Crippen molar-refractivity contribution in [1.82, 2.24) is 20.7 Å². The van der Waals surface area contributed by atoms with Crippen molar-refractivity contribution < 1.29 is 18.7 Å². The lowest BCUT2D eigenvalue weighted by atomic mass is 10.2. The van der Waals surface area contributed by atoms with Gasteiger partial charge >= 0.3 is 0 Å². The van der Waals surface area contributed by atoms with E-state index >= 15 is 0 Å². The molecule has 96 valence electrons. The number of H-pyrrole nitrogens is 1. The van der Waals surface area contributed by atoms with E-state index in [1.54, 1.807) is 6.07 Å². The van der Waals surface area contributed by atoms with Gasteiger partial charge in [0.15, 0.2) is 0 Å². The van der Waals surface area contributed by atoms with Crippen LogP contribution in [0.3, 0.4) is 0 Å². The molecular weight excluding hydrogens is 246 g/mol. The zero-order valence-electron chi connectivity index (χ0n) is 9.10. The van der Waals surface area contributed by atoms with Crippen LogP contribution in [-0.2, 0) is 0 Å². The van der Waals surface area contributed by atoms with Crippen LogP contribution < -0.4 is 5.32 Å². The Morgan fingerprint density at radius 2 is 2.11 bits per heavy atom. The van der Waals surface area contributed by atoms with Crippen molar-refractivity contribution in [2.24, 2.45) is 0 Å². The summed E-state index contributed by atoms with van der Waals surface area (Å²) in [5.74, 6) is -0.556. The van der Waals surface area contributed by atoms with Crippen molar-refractivity contribution in [3.63, 3.8) is 0 Å². The number of hydrogen-bond donors (Lipinski definition) is 3. The number of hydrogen-bond acceptors (Lipinski definition) is 4. The van der Waals surface area contributed by atoms with Crippen molar-refractivity contribution >= 4 is 16.9 Å². The number of carbonyl (C=O) groups excluding carboxylic acids is 1. The highest BCUT2D eigenvalue weighted by atomic mass is 19.3. The van der Waals surface area contributed by atoms with E-state index < -0.39 is 25.0 Å². The number of alkyl halides is 2. The van der Waals surface area contributed by atoms with Crippen molar-refractivity contribution in [2.75, 3.05) is 6.54 Å². The summed E-state index contributed by atoms with van der Waals surface area (Å²) in [6.45, 7) is -0.507. The van der Waals surface area contributed by atoms with Crippen molar-refractivity contribution in [2.45, 2.75) is 12.5 Å². The van der Waals surface area contributed by atoms with Gasteiger partial charge in [-0.25, -0.2) is 8.78 Å². The lowest BCUT2D eigenvalue weighted by Crippen LogP contribution is -2.35. The Labute approximate surface area is 100.0 Å². The van der Waals surface area contributed by atoms with Gasteiger partial charge in [0.1, 0.15) is 17.1 Å². The Balaban J connectivity index is 2.04. The number of aliphatic hydroxyl groups is 1. The molecule has 0 aliphatic rings. The number of rotatable bonds is 4. The van der Waals surface area contributed by atoms with E-state index in [0.29, 0.717) is 11.0 Å². The molecule has 1 heterocycles. The number of benzene rings is 1. The molecule has 18 heavy (non-hydrogen) atoms. The molecular formula is C10H10F2N4O2. The normalized spacial score (nSPS) is 12.9. The first-order valence-electron chi connectivity index (χ1n) is 5.13. The predicted molar refractivity (Wildman–Crippen MR) is 58.2 cm³/mol. The van der Waals surface area contributed by atoms with E-state index in [2.05, 4.69) is 20.7 Å². The molecule has 1 amide bonds. The zero-order chi connectivity index (χ0) is 13.1. The maximum absolute atomic E-state index is 12.0. The Morgan fingerprint density at radius 3 is 2.83 bits per heavy atom. The first-order chi connectivity index (χ1) is 8.58. The Kier molecular flexibility index (Phi) is 3.47. The second-order valence-electron chi connectivity index (χ2n) is 3.64. The third-order valence-electron chi connectivity index (χ3n) is 2.34. The minimum atomic E-state index is -2.89. The summed E-state index contributed by atoms with van der Waals surface area (Å²) >= 11 is 0. The SMILES string of the molecule is O=C(NCC(O)C(F)F)c1ccc2n[nH]nc2c1. The molecule has 0 bridgehead atoms. The molecule has 0 saturated heterocycles. The zero-order valence-corrected chi connectivity index (χ0v) is 9.10. The Hall–Kier alpha value is -2.09. The molecule has 1 atom stereocenters. The number of fused-ring (bicyclic) bond motifs is 1. The summed E-state index contributed by atoms with van der Waals surface area (Å²) in [6, 6.07) is 4.55. The van der Waals surface area contributed by atoms with Crippen LogP contribution in [0.5, 0.6) is 0 Å². The van der Waals surface area contributed by atoms with Crippen molar-refractivity contribution in [3.8, 4) is 0 Å². The number of nitrogens with zero attached hydrogens (tertiary/aromatic N) is 2. The van der Waals surface area contributed by atoms with Crippen LogP contribution in [0.4, 0.5) is 8.78 Å². The number of aliphatic hydroxyl groups excluding tert-OH is 1. The van der Waals surface area contributed by atoms with Gasteiger partial charge < -0.3 is 10.4 Å². The third-order valence-corrected chi connectivity index (χ3v) is 2.34. The molecule has 0 fully saturated rings. The minimum Gasteiger partial charge on any atom is -0.385 e. The predicted octanol–water partition coefficient (Wildman–Crippen LogP) is 0.314. The smallest absolute Gasteiger partial charge is 0.265 e. The van der Waals surface area contributed by atoms with Crippen LogP contribution in [0.25, 0.3) is 11.0 Å². The van der Waals surface area contributed by atoms with E-state index in [9.17, 15) is 13.6 Å². The van der Waals surface area contributed by atoms with E-state index in [0.717, 1.165) is 0 Å². The average molecular weight is 256 g/mol. The maximum atomic E-state index is 12.0. The van der Waals surface area contributed by atoms with Gasteiger partial charge in [0.05, 0.1) is 0 Å². The fraction of sp³-hybridized carbons (Fsp3) is 0.300. The van der Waals surface area contributed by atoms with Crippen molar-refractivity contribution in [3.05, 3.63) is 23.8 Å². The Bertz CT molecular complexity index is 558. The number of amides is 1. The molecule has 0 aliphatic heterocycles. The van der Waals surface area contributed by atoms with Gasteiger partial charge in [-0.2, -0.15) is 15.4 Å². The van der Waals surface area contributed by atoms with Crippen LogP contribution in [0, 0.1) is 0 Å². The largest absolute Gasteiger partial charge is 0.385 e. The maximum Gasteiger partial charge on any atom is 0.265 e. The van der Waals surface area contributed by atoms with E-state index in [-0.39, 0.29) is 5.56 Å². The second-order valence-corrected chi connectivity index (χ2v) is 3.64. The topological polar surface area (TPSA) is 90.9 Å². The van der Waals surface area contributed by atoms with Crippen LogP contribution in [0.2, 0.25) is 0 Å². The molecule has 0 saturated carbocycles. The molecule has 0 radical (unpaired) electrons. The second kappa shape index (κ2) is 5.05. The number of aromatic amines is 1. The fourth-order valence-corrected chi connectivity index (χ4v) is 1.37. The first-order valence-corrected chi connectivity index (χ1v) is 5.13. The lowest BCUT2D eigenvalue weighted by Gasteiger charge is -2.10. The standard InChI is InChI=1S/C10H10F2N4O2/c11-9(12)8(17)4-13-10(18)5-1-2-6-7(3-5)15-16-14-6/h1-3,8-9,17H,4H2,(H,13,18)(H,14,15,16). The average Bonchev–Trinajstić information content (AvgIpc) is 2.82. The lowest BCUT2D eigenvalue weighted by molar-refractivity contribution is -0.00270. The van der Waals surface area contributed by atoms with Crippen LogP contribution in [0.15, 0.2) is 18.2 Å². The summed E-state index contributed by atoms with van der Waals surface area (Å²) in [5.41, 5.74) is 1.36. The molecule has 0 spiro atoms. The molecule has 3 N–H and O–H groups in total. The Morgan fingerprint density at radius 1 is 1.39 bits per heavy atom. The number of carbonyl (C=O) groups is 1. The van der Waals surface area contributed by atoms with Crippen LogP contribution in [-0.4, -0.2) is 45.5 Å². The molecule has 1 unspecified atom stereocenters. The first kappa shape index (κ1) is 12.4. The number of halogens is 2. The molecule has 2 rings (SSSR count). The van der Waals surface area contributed by atoms with Crippen LogP contribution in [0.1, 0.15) is 10.4 Å². The highest BCUT2D eigenvalue weighted by Crippen LogP contribution is 2.10. The highest BCUT2D eigenvalue weighted by Gasteiger charge is 2.18. The number of aromatic nitrogens is 3. The molecule has 6 nitrogen and oxygen atoms in total. The van der Waals surface area contributed by atoms with E-state index in [4.69, 9.17) is 5.11 Å². The van der Waals surface area contributed by atoms with Gasteiger partial charge in [0.25, 0.3) is 12.3 Å². The fourth-order valence-electron chi connectivity index (χ4n) is 1.37. The highest BCUT2D eigenvalue weighted by molar-refractivity contribution is 5.97. The molecule has 1 aromatic carbocycles. The quantitative estimate of drug-likeness (QED) is 0.734. The van der Waals surface area contributed by atoms with Gasteiger partial charge in [-0.05, 0) is 18.2 Å². The van der Waals surface area contributed by atoms with Gasteiger partial charge in [-0.3, -0.25) is 4.79 Å². The molecule has 0 aliphatic carbocycles. The number of nitrogens with one attached hydrogen (secondary N) is 2. The van der Waals surface area contributed by atoms with Gasteiger partial charge in [0, 0.05) is 12.1 Å². The summed E-state index contributed by atoms with van der Waals surface area (Å²) in [4.78, 5) is 11.6.